The van der Waals surface area contributed by atoms with E-state index in [2.05, 4.69) is 19.7 Å². The second-order valence-electron chi connectivity index (χ2n) is 7.65. The first-order chi connectivity index (χ1) is 15.1. The van der Waals surface area contributed by atoms with Crippen LogP contribution in [-0.4, -0.2) is 61.6 Å². The van der Waals surface area contributed by atoms with Gasteiger partial charge in [0.15, 0.2) is 0 Å². The maximum absolute atomic E-state index is 12.6. The Morgan fingerprint density at radius 2 is 0.938 bits per heavy atom. The summed E-state index contributed by atoms with van der Waals surface area (Å²) in [5.41, 5.74) is 1.01. The topological polar surface area (TPSA) is 99.2 Å². The quantitative estimate of drug-likeness (QED) is 0.144. The van der Waals surface area contributed by atoms with Crippen molar-refractivity contribution in [1.82, 2.24) is 4.90 Å². The van der Waals surface area contributed by atoms with Crippen LogP contribution in [-0.2, 0) is 33.4 Å². The first kappa shape index (κ1) is 29.1. The lowest BCUT2D eigenvalue weighted by molar-refractivity contribution is -0.140. The smallest absolute Gasteiger partial charge is 0.333 e. The number of nitrogens with zero attached hydrogens (tertiary/aromatic N) is 1. The molecule has 0 aromatic rings. The third-order valence-corrected chi connectivity index (χ3v) is 4.28. The van der Waals surface area contributed by atoms with Crippen LogP contribution in [0.3, 0.4) is 0 Å². The highest BCUT2D eigenvalue weighted by atomic mass is 16.5. The van der Waals surface area contributed by atoms with E-state index in [-0.39, 0.29) is 32.1 Å². The van der Waals surface area contributed by atoms with Crippen molar-refractivity contribution >= 4 is 23.8 Å². The number of hydrogen-bond donors (Lipinski definition) is 0. The van der Waals surface area contributed by atoms with Gasteiger partial charge in [-0.2, -0.15) is 0 Å². The van der Waals surface area contributed by atoms with Crippen LogP contribution < -0.4 is 0 Å². The Kier molecular flexibility index (Phi) is 15.2. The van der Waals surface area contributed by atoms with Gasteiger partial charge in [-0.05, 0) is 52.9 Å². The van der Waals surface area contributed by atoms with E-state index in [0.29, 0.717) is 61.9 Å². The largest absolute Gasteiger partial charge is 0.462 e. The second-order valence-corrected chi connectivity index (χ2v) is 7.65. The number of amides is 1. The SMILES string of the molecule is C=C(C)C(=O)OCCCCN(CCCCOC(=O)C(=C)C)C(=O)CCCOC(=O)C(=C)C. The fraction of sp³-hybridized carbons (Fsp3) is 0.583. The van der Waals surface area contributed by atoms with Crippen molar-refractivity contribution < 1.29 is 33.4 Å². The molecule has 8 nitrogen and oxygen atoms in total. The molecule has 0 unspecified atom stereocenters. The van der Waals surface area contributed by atoms with Crippen LogP contribution in [0.5, 0.6) is 0 Å². The standard InChI is InChI=1S/C24H37NO7/c1-18(2)22(27)30-15-9-7-13-25(14-8-10-16-31-23(28)19(3)4)21(26)12-11-17-32-24(29)20(5)6/h1,3,5,7-17H2,2,4,6H3. The Labute approximate surface area is 191 Å². The number of esters is 3. The predicted octanol–water partition coefficient (Wildman–Crippen LogP) is 3.51. The minimum atomic E-state index is -0.470. The average molecular weight is 452 g/mol. The predicted molar refractivity (Wildman–Crippen MR) is 122 cm³/mol. The zero-order chi connectivity index (χ0) is 24.5. The molecule has 0 aliphatic rings. The van der Waals surface area contributed by atoms with Gasteiger partial charge in [-0.25, -0.2) is 14.4 Å². The van der Waals surface area contributed by atoms with Gasteiger partial charge in [0.25, 0.3) is 0 Å². The monoisotopic (exact) mass is 451 g/mol. The third kappa shape index (κ3) is 14.2. The molecule has 0 rings (SSSR count). The average Bonchev–Trinajstić information content (AvgIpc) is 2.73. The molecular formula is C24H37NO7. The molecule has 0 atom stereocenters. The molecule has 1 amide bonds. The van der Waals surface area contributed by atoms with Crippen LogP contribution in [0.15, 0.2) is 36.5 Å². The maximum Gasteiger partial charge on any atom is 0.333 e. The summed E-state index contributed by atoms with van der Waals surface area (Å²) >= 11 is 0. The molecule has 0 spiro atoms. The summed E-state index contributed by atoms with van der Waals surface area (Å²) in [5, 5.41) is 0. The molecule has 0 aliphatic carbocycles. The van der Waals surface area contributed by atoms with Crippen LogP contribution in [0.2, 0.25) is 0 Å². The molecule has 0 aromatic heterocycles. The third-order valence-electron chi connectivity index (χ3n) is 4.28. The lowest BCUT2D eigenvalue weighted by Crippen LogP contribution is -2.33. The van der Waals surface area contributed by atoms with Gasteiger partial charge in [0.2, 0.25) is 5.91 Å². The molecule has 0 radical (unpaired) electrons. The van der Waals surface area contributed by atoms with E-state index in [9.17, 15) is 19.2 Å². The van der Waals surface area contributed by atoms with Gasteiger partial charge in [-0.3, -0.25) is 4.79 Å². The van der Waals surface area contributed by atoms with Gasteiger partial charge in [0.1, 0.15) is 0 Å². The van der Waals surface area contributed by atoms with E-state index in [1.165, 1.54) is 0 Å². The first-order valence-corrected chi connectivity index (χ1v) is 10.8. The Balaban J connectivity index is 4.44. The van der Waals surface area contributed by atoms with E-state index < -0.39 is 17.9 Å². The van der Waals surface area contributed by atoms with Gasteiger partial charge < -0.3 is 19.1 Å². The lowest BCUT2D eigenvalue weighted by atomic mass is 10.2. The fourth-order valence-electron chi connectivity index (χ4n) is 2.42. The van der Waals surface area contributed by atoms with E-state index in [0.717, 1.165) is 0 Å². The highest BCUT2D eigenvalue weighted by Gasteiger charge is 2.14. The van der Waals surface area contributed by atoms with Crippen LogP contribution >= 0.6 is 0 Å². The van der Waals surface area contributed by atoms with Crippen molar-refractivity contribution in [3.8, 4) is 0 Å². The van der Waals surface area contributed by atoms with E-state index in [1.54, 1.807) is 25.7 Å². The number of ether oxygens (including phenoxy) is 3. The molecule has 0 N–H and O–H groups in total. The fourth-order valence-corrected chi connectivity index (χ4v) is 2.42. The highest BCUT2D eigenvalue weighted by Crippen LogP contribution is 2.07. The number of carbonyl (C=O) groups is 4. The molecular weight excluding hydrogens is 414 g/mol. The van der Waals surface area contributed by atoms with Crippen LogP contribution in [0.1, 0.15) is 59.3 Å². The van der Waals surface area contributed by atoms with Crippen molar-refractivity contribution in [1.29, 1.82) is 0 Å². The van der Waals surface area contributed by atoms with E-state index in [4.69, 9.17) is 14.2 Å². The molecule has 32 heavy (non-hydrogen) atoms. The minimum Gasteiger partial charge on any atom is -0.462 e. The van der Waals surface area contributed by atoms with Crippen molar-refractivity contribution in [2.45, 2.75) is 59.3 Å². The van der Waals surface area contributed by atoms with Gasteiger partial charge in [-0.15, -0.1) is 0 Å². The van der Waals surface area contributed by atoms with Gasteiger partial charge in [0.05, 0.1) is 19.8 Å². The Hall–Kier alpha value is -2.90. The molecule has 0 saturated carbocycles. The molecule has 0 aromatic carbocycles. The number of carbonyl (C=O) groups excluding carboxylic acids is 4. The summed E-state index contributed by atoms with van der Waals surface area (Å²) in [7, 11) is 0. The van der Waals surface area contributed by atoms with Crippen LogP contribution in [0.25, 0.3) is 0 Å². The zero-order valence-corrected chi connectivity index (χ0v) is 19.7. The maximum atomic E-state index is 12.6. The van der Waals surface area contributed by atoms with Gasteiger partial charge in [-0.1, -0.05) is 19.7 Å². The van der Waals surface area contributed by atoms with Crippen molar-refractivity contribution in [2.24, 2.45) is 0 Å². The molecule has 180 valence electrons. The molecule has 0 fully saturated rings. The zero-order valence-electron chi connectivity index (χ0n) is 19.7. The Morgan fingerprint density at radius 1 is 0.594 bits per heavy atom. The first-order valence-electron chi connectivity index (χ1n) is 10.8. The summed E-state index contributed by atoms with van der Waals surface area (Å²) in [6.45, 7) is 17.0. The Morgan fingerprint density at radius 3 is 1.28 bits per heavy atom. The molecule has 8 heteroatoms. The number of unbranched alkanes of at least 4 members (excludes halogenated alkanes) is 2. The number of hydrogen-bond acceptors (Lipinski definition) is 7. The van der Waals surface area contributed by atoms with Crippen molar-refractivity contribution in [2.75, 3.05) is 32.9 Å². The number of rotatable bonds is 17. The minimum absolute atomic E-state index is 0.0470. The van der Waals surface area contributed by atoms with Crippen molar-refractivity contribution in [3.63, 3.8) is 0 Å². The highest BCUT2D eigenvalue weighted by molar-refractivity contribution is 5.87. The summed E-state index contributed by atoms with van der Waals surface area (Å²) in [5.74, 6) is -1.37. The molecule has 0 heterocycles. The van der Waals surface area contributed by atoms with Crippen LogP contribution in [0, 0.1) is 0 Å². The summed E-state index contributed by atoms with van der Waals surface area (Å²) in [6.07, 6.45) is 3.25. The Bertz CT molecular complexity index is 660. The summed E-state index contributed by atoms with van der Waals surface area (Å²) in [6, 6.07) is 0. The molecule has 0 saturated heterocycles. The van der Waals surface area contributed by atoms with Crippen molar-refractivity contribution in [3.05, 3.63) is 36.5 Å². The van der Waals surface area contributed by atoms with E-state index >= 15 is 0 Å². The van der Waals surface area contributed by atoms with Gasteiger partial charge in [0, 0.05) is 36.2 Å². The lowest BCUT2D eigenvalue weighted by Gasteiger charge is -2.23. The van der Waals surface area contributed by atoms with Crippen LogP contribution in [0.4, 0.5) is 0 Å². The van der Waals surface area contributed by atoms with E-state index in [1.807, 2.05) is 0 Å². The molecule has 0 bridgehead atoms. The second kappa shape index (κ2) is 16.8. The normalized spacial score (nSPS) is 10.1. The summed E-state index contributed by atoms with van der Waals surface area (Å²) in [4.78, 5) is 48.6. The molecule has 0 aliphatic heterocycles. The van der Waals surface area contributed by atoms with Gasteiger partial charge >= 0.3 is 17.9 Å². The summed E-state index contributed by atoms with van der Waals surface area (Å²) < 4.78 is 15.2.